The van der Waals surface area contributed by atoms with Crippen molar-refractivity contribution in [2.45, 2.75) is 27.3 Å². The van der Waals surface area contributed by atoms with Crippen LogP contribution in [0.15, 0.2) is 56.5 Å². The molecule has 1 aliphatic heterocycles. The zero-order chi connectivity index (χ0) is 22.8. The quantitative estimate of drug-likeness (QED) is 0.480. The number of primary amides is 1. The molecule has 162 valence electrons. The lowest BCUT2D eigenvalue weighted by Crippen LogP contribution is -2.05. The molecule has 2 aromatic heterocycles. The van der Waals surface area contributed by atoms with Gasteiger partial charge in [0.05, 0.1) is 17.0 Å². The zero-order valence-corrected chi connectivity index (χ0v) is 18.5. The summed E-state index contributed by atoms with van der Waals surface area (Å²) in [6.45, 7) is 5.45. The topological polar surface area (TPSA) is 120 Å². The Kier molecular flexibility index (Phi) is 5.87. The van der Waals surface area contributed by atoms with Gasteiger partial charge in [0.2, 0.25) is 5.91 Å². The van der Waals surface area contributed by atoms with Gasteiger partial charge in [-0.3, -0.25) is 9.79 Å². The Balaban J connectivity index is 0.000000567. The van der Waals surface area contributed by atoms with E-state index in [0.29, 0.717) is 23.3 Å². The molecule has 5 rings (SSSR count). The lowest BCUT2D eigenvalue weighted by Gasteiger charge is -2.12. The van der Waals surface area contributed by atoms with Gasteiger partial charge in [-0.15, -0.1) is 0 Å². The van der Waals surface area contributed by atoms with Crippen molar-refractivity contribution < 1.29 is 13.8 Å². The van der Waals surface area contributed by atoms with E-state index in [9.17, 15) is 4.79 Å². The first-order chi connectivity index (χ1) is 15.3. The normalized spacial score (nSPS) is 12.1. The Morgan fingerprint density at radius 3 is 2.34 bits per heavy atom. The molecule has 0 fully saturated rings. The highest BCUT2D eigenvalue weighted by atomic mass is 35.5. The molecule has 0 radical (unpaired) electrons. The van der Waals surface area contributed by atoms with Crippen molar-refractivity contribution >= 4 is 23.2 Å². The number of aryl methyl sites for hydroxylation is 2. The van der Waals surface area contributed by atoms with Crippen LogP contribution >= 0.6 is 11.6 Å². The molecular formula is C23H20ClN5O3. The van der Waals surface area contributed by atoms with Gasteiger partial charge in [0.15, 0.2) is 11.6 Å². The maximum absolute atomic E-state index is 9.22. The summed E-state index contributed by atoms with van der Waals surface area (Å²) in [5.41, 5.74) is 10.9. The summed E-state index contributed by atoms with van der Waals surface area (Å²) in [5.74, 6) is 1.49. The SMILES string of the molecule is CC(N)=O.Cc1noc(-c2ccc3c(c2)C(c2ccc(Cl)cc2)=NCc2onc(C)c2-3)n1. The molecule has 3 heterocycles. The lowest BCUT2D eigenvalue weighted by atomic mass is 9.91. The third-order valence-electron chi connectivity index (χ3n) is 4.75. The number of halogens is 1. The third kappa shape index (κ3) is 4.31. The number of fused-ring (bicyclic) bond motifs is 3. The predicted molar refractivity (Wildman–Crippen MR) is 120 cm³/mol. The molecule has 0 unspecified atom stereocenters. The van der Waals surface area contributed by atoms with Crippen LogP contribution in [0.2, 0.25) is 5.02 Å². The number of carbonyl (C=O) groups excluding carboxylic acids is 1. The Morgan fingerprint density at radius 2 is 1.69 bits per heavy atom. The first-order valence-corrected chi connectivity index (χ1v) is 10.2. The van der Waals surface area contributed by atoms with Crippen molar-refractivity contribution in [3.05, 3.63) is 75.9 Å². The molecule has 9 heteroatoms. The second kappa shape index (κ2) is 8.76. The minimum atomic E-state index is -0.333. The minimum Gasteiger partial charge on any atom is -0.370 e. The average molecular weight is 450 g/mol. The van der Waals surface area contributed by atoms with E-state index in [1.54, 1.807) is 6.92 Å². The smallest absolute Gasteiger partial charge is 0.257 e. The summed E-state index contributed by atoms with van der Waals surface area (Å²) < 4.78 is 10.9. The summed E-state index contributed by atoms with van der Waals surface area (Å²) in [4.78, 5) is 18.4. The molecule has 0 aliphatic carbocycles. The van der Waals surface area contributed by atoms with Gasteiger partial charge in [0, 0.05) is 28.6 Å². The second-order valence-corrected chi connectivity index (χ2v) is 7.69. The number of benzene rings is 2. The number of rotatable bonds is 2. The van der Waals surface area contributed by atoms with Crippen LogP contribution in [-0.2, 0) is 11.3 Å². The van der Waals surface area contributed by atoms with Crippen molar-refractivity contribution in [3.63, 3.8) is 0 Å². The zero-order valence-electron chi connectivity index (χ0n) is 17.7. The van der Waals surface area contributed by atoms with Crippen molar-refractivity contribution in [3.8, 4) is 22.6 Å². The number of aliphatic imine (C=N–C) groups is 1. The van der Waals surface area contributed by atoms with E-state index < -0.39 is 0 Å². The van der Waals surface area contributed by atoms with Crippen LogP contribution in [0.5, 0.6) is 0 Å². The van der Waals surface area contributed by atoms with Crippen LogP contribution < -0.4 is 5.73 Å². The number of hydrogen-bond donors (Lipinski definition) is 1. The first kappa shape index (κ1) is 21.5. The fraction of sp³-hybridized carbons (Fsp3) is 0.174. The number of hydrogen-bond acceptors (Lipinski definition) is 7. The Bertz CT molecular complexity index is 1320. The first-order valence-electron chi connectivity index (χ1n) is 9.80. The van der Waals surface area contributed by atoms with E-state index in [2.05, 4.69) is 21.0 Å². The average Bonchev–Trinajstić information content (AvgIpc) is 3.30. The van der Waals surface area contributed by atoms with Crippen LogP contribution in [0, 0.1) is 13.8 Å². The van der Waals surface area contributed by atoms with Gasteiger partial charge < -0.3 is 14.8 Å². The summed E-state index contributed by atoms with van der Waals surface area (Å²) >= 11 is 6.08. The van der Waals surface area contributed by atoms with Crippen LogP contribution in [0.3, 0.4) is 0 Å². The van der Waals surface area contributed by atoms with Crippen LogP contribution in [0.25, 0.3) is 22.6 Å². The maximum atomic E-state index is 9.22. The van der Waals surface area contributed by atoms with E-state index in [0.717, 1.165) is 45.0 Å². The highest BCUT2D eigenvalue weighted by molar-refractivity contribution is 6.30. The van der Waals surface area contributed by atoms with E-state index in [1.165, 1.54) is 6.92 Å². The van der Waals surface area contributed by atoms with Crippen LogP contribution in [0.4, 0.5) is 0 Å². The summed E-state index contributed by atoms with van der Waals surface area (Å²) in [6.07, 6.45) is 0. The van der Waals surface area contributed by atoms with Crippen molar-refractivity contribution in [2.24, 2.45) is 10.7 Å². The van der Waals surface area contributed by atoms with Gasteiger partial charge in [0.25, 0.3) is 5.89 Å². The molecule has 0 spiro atoms. The lowest BCUT2D eigenvalue weighted by molar-refractivity contribution is -0.115. The molecule has 2 N–H and O–H groups in total. The second-order valence-electron chi connectivity index (χ2n) is 7.26. The fourth-order valence-corrected chi connectivity index (χ4v) is 3.59. The molecule has 0 bridgehead atoms. The highest BCUT2D eigenvalue weighted by Gasteiger charge is 2.25. The molecule has 4 aromatic rings. The number of carbonyl (C=O) groups is 1. The van der Waals surface area contributed by atoms with Gasteiger partial charge in [-0.2, -0.15) is 4.98 Å². The Labute approximate surface area is 189 Å². The third-order valence-corrected chi connectivity index (χ3v) is 5.00. The summed E-state index contributed by atoms with van der Waals surface area (Å²) in [7, 11) is 0. The fourth-order valence-electron chi connectivity index (χ4n) is 3.47. The van der Waals surface area contributed by atoms with Gasteiger partial charge in [-0.25, -0.2) is 0 Å². The van der Waals surface area contributed by atoms with Gasteiger partial charge in [-0.05, 0) is 43.7 Å². The van der Waals surface area contributed by atoms with Gasteiger partial charge in [-0.1, -0.05) is 40.1 Å². The van der Waals surface area contributed by atoms with E-state index in [-0.39, 0.29) is 5.91 Å². The Morgan fingerprint density at radius 1 is 1.00 bits per heavy atom. The highest BCUT2D eigenvalue weighted by Crippen LogP contribution is 2.37. The van der Waals surface area contributed by atoms with Crippen LogP contribution in [0.1, 0.15) is 35.3 Å². The van der Waals surface area contributed by atoms with Crippen molar-refractivity contribution in [1.82, 2.24) is 15.3 Å². The van der Waals surface area contributed by atoms with Crippen molar-refractivity contribution in [2.75, 3.05) is 0 Å². The van der Waals surface area contributed by atoms with Gasteiger partial charge >= 0.3 is 0 Å². The molecule has 1 aliphatic rings. The number of amides is 1. The standard InChI is InChI=1S/C21H15ClN4O2.C2H5NO/c1-11-19-16-8-5-14(21-24-12(2)26-28-21)9-17(16)20(23-10-18(19)27-25-11)13-3-6-15(22)7-4-13;1-2(3)4/h3-9H,10H2,1-2H3;1H3,(H2,3,4). The largest absolute Gasteiger partial charge is 0.370 e. The molecular weight excluding hydrogens is 430 g/mol. The van der Waals surface area contributed by atoms with Crippen LogP contribution in [-0.4, -0.2) is 26.9 Å². The maximum Gasteiger partial charge on any atom is 0.257 e. The molecule has 8 nitrogen and oxygen atoms in total. The molecule has 0 atom stereocenters. The number of nitrogens with zero attached hydrogens (tertiary/aromatic N) is 4. The van der Waals surface area contributed by atoms with E-state index in [1.807, 2.05) is 49.4 Å². The molecule has 0 saturated carbocycles. The number of nitrogens with two attached hydrogens (primary N) is 1. The monoisotopic (exact) mass is 449 g/mol. The molecule has 2 aromatic carbocycles. The molecule has 1 amide bonds. The Hall–Kier alpha value is -3.78. The molecule has 0 saturated heterocycles. The summed E-state index contributed by atoms with van der Waals surface area (Å²) in [5, 5.41) is 8.71. The molecule has 32 heavy (non-hydrogen) atoms. The predicted octanol–water partition coefficient (Wildman–Crippen LogP) is 4.50. The minimum absolute atomic E-state index is 0.333. The summed E-state index contributed by atoms with van der Waals surface area (Å²) in [6, 6.07) is 13.7. The van der Waals surface area contributed by atoms with Crippen molar-refractivity contribution in [1.29, 1.82) is 0 Å². The van der Waals surface area contributed by atoms with Gasteiger partial charge in [0.1, 0.15) is 6.54 Å². The van der Waals surface area contributed by atoms with E-state index >= 15 is 0 Å². The van der Waals surface area contributed by atoms with E-state index in [4.69, 9.17) is 25.6 Å². The number of aromatic nitrogens is 3.